The minimum absolute atomic E-state index is 0.115. The zero-order chi connectivity index (χ0) is 17.9. The molecule has 0 aliphatic carbocycles. The van der Waals surface area contributed by atoms with E-state index in [9.17, 15) is 4.79 Å². The van der Waals surface area contributed by atoms with E-state index in [1.54, 1.807) is 0 Å². The molecule has 1 heterocycles. The second-order valence-electron chi connectivity index (χ2n) is 6.70. The Hall–Kier alpha value is -2.14. The van der Waals surface area contributed by atoms with Crippen LogP contribution in [0.4, 0.5) is 0 Å². The Morgan fingerprint density at radius 2 is 1.92 bits per heavy atom. The maximum atomic E-state index is 13.0. The van der Waals surface area contributed by atoms with Gasteiger partial charge in [0.2, 0.25) is 5.91 Å². The Morgan fingerprint density at radius 1 is 1.21 bits per heavy atom. The first kappa shape index (κ1) is 18.2. The maximum Gasteiger partial charge on any atom is 0.244 e. The summed E-state index contributed by atoms with van der Waals surface area (Å²) in [5.74, 6) is 0.115. The minimum atomic E-state index is -0.263. The lowest BCUT2D eigenvalue weighted by atomic mass is 10.0. The molecule has 2 rings (SSSR count). The normalized spacial score (nSPS) is 12.5. The molecule has 1 amide bonds. The van der Waals surface area contributed by atoms with Crippen LogP contribution in [-0.2, 0) is 11.2 Å². The SMILES string of the molecule is Cc1cccc([C@@H](C(=O)N(C)CCc2c(C)n[nH]c2C)N(C)C)c1. The van der Waals surface area contributed by atoms with Crippen LogP contribution in [0.15, 0.2) is 24.3 Å². The second kappa shape index (κ2) is 7.62. The summed E-state index contributed by atoms with van der Waals surface area (Å²) < 4.78 is 0. The molecule has 0 aliphatic heterocycles. The van der Waals surface area contributed by atoms with Crippen molar-refractivity contribution in [3.63, 3.8) is 0 Å². The third-order valence-electron chi connectivity index (χ3n) is 4.46. The van der Waals surface area contributed by atoms with Gasteiger partial charge in [-0.05, 0) is 52.4 Å². The van der Waals surface area contributed by atoms with Gasteiger partial charge in [-0.2, -0.15) is 5.10 Å². The highest BCUT2D eigenvalue weighted by Crippen LogP contribution is 2.22. The first-order valence-electron chi connectivity index (χ1n) is 8.29. The van der Waals surface area contributed by atoms with Crippen LogP contribution < -0.4 is 0 Å². The van der Waals surface area contributed by atoms with Gasteiger partial charge in [0.15, 0.2) is 0 Å². The minimum Gasteiger partial charge on any atom is -0.344 e. The van der Waals surface area contributed by atoms with Crippen LogP contribution in [0.5, 0.6) is 0 Å². The van der Waals surface area contributed by atoms with Crippen molar-refractivity contribution in [3.8, 4) is 0 Å². The molecular formula is C19H28N4O. The van der Waals surface area contributed by atoms with E-state index in [1.165, 1.54) is 11.1 Å². The molecule has 1 atom stereocenters. The Labute approximate surface area is 144 Å². The van der Waals surface area contributed by atoms with Gasteiger partial charge in [-0.3, -0.25) is 14.8 Å². The van der Waals surface area contributed by atoms with Crippen molar-refractivity contribution in [1.29, 1.82) is 0 Å². The Kier molecular flexibility index (Phi) is 5.78. The molecule has 130 valence electrons. The monoisotopic (exact) mass is 328 g/mol. The van der Waals surface area contributed by atoms with Crippen molar-refractivity contribution < 1.29 is 4.79 Å². The number of aromatic amines is 1. The van der Waals surface area contributed by atoms with Gasteiger partial charge in [-0.1, -0.05) is 29.8 Å². The zero-order valence-electron chi connectivity index (χ0n) is 15.6. The molecular weight excluding hydrogens is 300 g/mol. The molecule has 0 fully saturated rings. The lowest BCUT2D eigenvalue weighted by Crippen LogP contribution is -2.39. The van der Waals surface area contributed by atoms with E-state index in [0.717, 1.165) is 23.4 Å². The van der Waals surface area contributed by atoms with Crippen molar-refractivity contribution in [3.05, 3.63) is 52.3 Å². The molecule has 0 unspecified atom stereocenters. The number of likely N-dealkylation sites (N-methyl/N-ethyl adjacent to an activating group) is 2. The van der Waals surface area contributed by atoms with Crippen molar-refractivity contribution in [2.45, 2.75) is 33.2 Å². The number of nitrogens with zero attached hydrogens (tertiary/aromatic N) is 3. The summed E-state index contributed by atoms with van der Waals surface area (Å²) in [5, 5.41) is 7.22. The van der Waals surface area contributed by atoms with Crippen LogP contribution in [0.1, 0.15) is 34.1 Å². The Bertz CT molecular complexity index is 686. The van der Waals surface area contributed by atoms with Crippen molar-refractivity contribution in [1.82, 2.24) is 20.0 Å². The van der Waals surface area contributed by atoms with Gasteiger partial charge in [-0.25, -0.2) is 0 Å². The van der Waals surface area contributed by atoms with E-state index in [1.807, 2.05) is 56.9 Å². The van der Waals surface area contributed by atoms with Crippen LogP contribution >= 0.6 is 0 Å². The second-order valence-corrected chi connectivity index (χ2v) is 6.70. The maximum absolute atomic E-state index is 13.0. The van der Waals surface area contributed by atoms with E-state index >= 15 is 0 Å². The molecule has 24 heavy (non-hydrogen) atoms. The number of rotatable bonds is 6. The highest BCUT2D eigenvalue weighted by molar-refractivity contribution is 5.83. The van der Waals surface area contributed by atoms with E-state index in [2.05, 4.69) is 29.3 Å². The molecule has 0 saturated heterocycles. The van der Waals surface area contributed by atoms with Gasteiger partial charge in [0.25, 0.3) is 0 Å². The molecule has 5 nitrogen and oxygen atoms in total. The van der Waals surface area contributed by atoms with Crippen LogP contribution in [0.2, 0.25) is 0 Å². The van der Waals surface area contributed by atoms with Gasteiger partial charge in [-0.15, -0.1) is 0 Å². The highest BCUT2D eigenvalue weighted by atomic mass is 16.2. The summed E-state index contributed by atoms with van der Waals surface area (Å²) in [7, 11) is 5.77. The van der Waals surface area contributed by atoms with Gasteiger partial charge in [0.1, 0.15) is 6.04 Å². The number of nitrogens with one attached hydrogen (secondary N) is 1. The van der Waals surface area contributed by atoms with Crippen LogP contribution in [0, 0.1) is 20.8 Å². The number of hydrogen-bond acceptors (Lipinski definition) is 3. The number of aryl methyl sites for hydroxylation is 3. The molecule has 1 N–H and O–H groups in total. The standard InChI is InChI=1S/C19H28N4O/c1-13-8-7-9-16(12-13)18(22(4)5)19(24)23(6)11-10-17-14(2)20-21-15(17)3/h7-9,12,18H,10-11H2,1-6H3,(H,20,21)/t18-/m0/s1. The van der Waals surface area contributed by atoms with E-state index in [-0.39, 0.29) is 11.9 Å². The van der Waals surface area contributed by atoms with Gasteiger partial charge in [0, 0.05) is 19.3 Å². The summed E-state index contributed by atoms with van der Waals surface area (Å²) in [6.45, 7) is 6.74. The molecule has 1 aromatic heterocycles. The van der Waals surface area contributed by atoms with Crippen LogP contribution in [-0.4, -0.2) is 53.6 Å². The number of benzene rings is 1. The molecule has 0 saturated carbocycles. The predicted octanol–water partition coefficient (Wildman–Crippen LogP) is 2.64. The quantitative estimate of drug-likeness (QED) is 0.887. The van der Waals surface area contributed by atoms with Gasteiger partial charge in [0.05, 0.1) is 5.69 Å². The highest BCUT2D eigenvalue weighted by Gasteiger charge is 2.26. The Balaban J connectivity index is 2.12. The summed E-state index contributed by atoms with van der Waals surface area (Å²) in [5.41, 5.74) is 5.49. The number of H-pyrrole nitrogens is 1. The molecule has 0 radical (unpaired) electrons. The van der Waals surface area contributed by atoms with Gasteiger partial charge < -0.3 is 4.90 Å². The van der Waals surface area contributed by atoms with E-state index < -0.39 is 0 Å². The smallest absolute Gasteiger partial charge is 0.244 e. The fraction of sp³-hybridized carbons (Fsp3) is 0.474. The van der Waals surface area contributed by atoms with Crippen molar-refractivity contribution in [2.75, 3.05) is 27.7 Å². The summed E-state index contributed by atoms with van der Waals surface area (Å²) in [6, 6.07) is 7.90. The number of aromatic nitrogens is 2. The first-order chi connectivity index (χ1) is 11.3. The van der Waals surface area contributed by atoms with Gasteiger partial charge >= 0.3 is 0 Å². The largest absolute Gasteiger partial charge is 0.344 e. The molecule has 0 spiro atoms. The lowest BCUT2D eigenvalue weighted by Gasteiger charge is -2.29. The van der Waals surface area contributed by atoms with E-state index in [4.69, 9.17) is 0 Å². The summed E-state index contributed by atoms with van der Waals surface area (Å²) in [6.07, 6.45) is 0.810. The molecule has 2 aromatic rings. The summed E-state index contributed by atoms with van der Waals surface area (Å²) >= 11 is 0. The first-order valence-corrected chi connectivity index (χ1v) is 8.29. The average molecular weight is 328 g/mol. The predicted molar refractivity (Wildman–Crippen MR) is 97.0 cm³/mol. The van der Waals surface area contributed by atoms with Crippen molar-refractivity contribution in [2.24, 2.45) is 0 Å². The number of amides is 1. The fourth-order valence-corrected chi connectivity index (χ4v) is 3.04. The van der Waals surface area contributed by atoms with Crippen molar-refractivity contribution >= 4 is 5.91 Å². The number of hydrogen-bond donors (Lipinski definition) is 1. The lowest BCUT2D eigenvalue weighted by molar-refractivity contribution is -0.135. The number of carbonyl (C=O) groups excluding carboxylic acids is 1. The zero-order valence-corrected chi connectivity index (χ0v) is 15.6. The fourth-order valence-electron chi connectivity index (χ4n) is 3.04. The van der Waals surface area contributed by atoms with E-state index in [0.29, 0.717) is 6.54 Å². The number of carbonyl (C=O) groups is 1. The van der Waals surface area contributed by atoms with Crippen LogP contribution in [0.3, 0.4) is 0 Å². The molecule has 0 aliphatic rings. The average Bonchev–Trinajstić information content (AvgIpc) is 2.83. The molecule has 0 bridgehead atoms. The van der Waals surface area contributed by atoms with Crippen LogP contribution in [0.25, 0.3) is 0 Å². The Morgan fingerprint density at radius 3 is 2.46 bits per heavy atom. The summed E-state index contributed by atoms with van der Waals surface area (Å²) in [4.78, 5) is 16.8. The third-order valence-corrected chi connectivity index (χ3v) is 4.46. The topological polar surface area (TPSA) is 52.2 Å². The molecule has 5 heteroatoms. The third kappa shape index (κ3) is 4.03. The molecule has 1 aromatic carbocycles.